The van der Waals surface area contributed by atoms with Gasteiger partial charge in [-0.2, -0.15) is 0 Å². The minimum atomic E-state index is -1.28. The third-order valence-corrected chi connectivity index (χ3v) is 5.96. The summed E-state index contributed by atoms with van der Waals surface area (Å²) < 4.78 is 17.0. The molecule has 2 heterocycles. The van der Waals surface area contributed by atoms with Crippen LogP contribution in [0.2, 0.25) is 0 Å². The van der Waals surface area contributed by atoms with Crippen LogP contribution in [0, 0.1) is 18.7 Å². The number of hydrogen-bond donors (Lipinski definition) is 2. The molecule has 1 saturated carbocycles. The minimum Gasteiger partial charge on any atom is -0.477 e. The molecule has 1 aromatic heterocycles. The van der Waals surface area contributed by atoms with E-state index < -0.39 is 17.2 Å². The van der Waals surface area contributed by atoms with Crippen LogP contribution in [0.1, 0.15) is 48.1 Å². The normalized spacial score (nSPS) is 21.0. The molecule has 1 aliphatic carbocycles. The lowest BCUT2D eigenvalue weighted by Gasteiger charge is -2.23. The van der Waals surface area contributed by atoms with Gasteiger partial charge in [0.25, 0.3) is 0 Å². The molecule has 1 unspecified atom stereocenters. The SMILES string of the molecule is Cc1c(F)c(N2CC[C@@H](C(C)N)C2)cc2c1c(=O)c(C(=O)O)cn2C1CC1. The van der Waals surface area contributed by atoms with Crippen LogP contribution in [0.3, 0.4) is 0 Å². The molecule has 3 N–H and O–H groups in total. The fraction of sp³-hybridized carbons (Fsp3) is 0.500. The molecular weight excluding hydrogens is 349 g/mol. The van der Waals surface area contributed by atoms with Crippen molar-refractivity contribution in [1.82, 2.24) is 4.57 Å². The maximum atomic E-state index is 15.2. The highest BCUT2D eigenvalue weighted by molar-refractivity contribution is 5.95. The first-order valence-electron chi connectivity index (χ1n) is 9.41. The number of carbonyl (C=O) groups is 1. The molecule has 0 amide bonds. The van der Waals surface area contributed by atoms with Crippen LogP contribution >= 0.6 is 0 Å². The van der Waals surface area contributed by atoms with Crippen LogP contribution in [0.25, 0.3) is 10.9 Å². The van der Waals surface area contributed by atoms with Gasteiger partial charge >= 0.3 is 5.97 Å². The van der Waals surface area contributed by atoms with E-state index in [1.807, 2.05) is 16.4 Å². The lowest BCUT2D eigenvalue weighted by atomic mass is 10.0. The van der Waals surface area contributed by atoms with Crippen molar-refractivity contribution in [2.45, 2.75) is 45.2 Å². The zero-order valence-electron chi connectivity index (χ0n) is 15.5. The molecule has 6 nitrogen and oxygen atoms in total. The summed E-state index contributed by atoms with van der Waals surface area (Å²) in [7, 11) is 0. The molecular formula is C20H24FN3O3. The Morgan fingerprint density at radius 2 is 2.07 bits per heavy atom. The van der Waals surface area contributed by atoms with Crippen molar-refractivity contribution in [3.05, 3.63) is 39.4 Å². The molecule has 0 bridgehead atoms. The number of carboxylic acids is 1. The second kappa shape index (κ2) is 6.34. The number of rotatable bonds is 4. The summed E-state index contributed by atoms with van der Waals surface area (Å²) in [5, 5.41) is 9.57. The smallest absolute Gasteiger partial charge is 0.341 e. The number of aryl methyl sites for hydroxylation is 1. The van der Waals surface area contributed by atoms with Crippen LogP contribution in [0.15, 0.2) is 17.1 Å². The topological polar surface area (TPSA) is 88.6 Å². The first-order chi connectivity index (χ1) is 12.8. The van der Waals surface area contributed by atoms with Gasteiger partial charge in [-0.15, -0.1) is 0 Å². The average Bonchev–Trinajstić information content (AvgIpc) is 3.33. The molecule has 1 aromatic carbocycles. The van der Waals surface area contributed by atoms with Gasteiger partial charge in [0, 0.05) is 36.9 Å². The van der Waals surface area contributed by atoms with E-state index in [0.29, 0.717) is 23.7 Å². The number of pyridine rings is 1. The second-order valence-corrected chi connectivity index (χ2v) is 7.90. The van der Waals surface area contributed by atoms with Crippen molar-refractivity contribution in [1.29, 1.82) is 0 Å². The van der Waals surface area contributed by atoms with E-state index in [-0.39, 0.29) is 28.6 Å². The van der Waals surface area contributed by atoms with Crippen LogP contribution < -0.4 is 16.1 Å². The van der Waals surface area contributed by atoms with E-state index >= 15 is 4.39 Å². The van der Waals surface area contributed by atoms with E-state index in [1.165, 1.54) is 6.20 Å². The first-order valence-corrected chi connectivity index (χ1v) is 9.41. The third-order valence-electron chi connectivity index (χ3n) is 5.96. The van der Waals surface area contributed by atoms with Crippen molar-refractivity contribution in [3.63, 3.8) is 0 Å². The summed E-state index contributed by atoms with van der Waals surface area (Å²) in [5.41, 5.74) is 6.40. The molecule has 4 rings (SSSR count). The molecule has 2 aromatic rings. The molecule has 27 heavy (non-hydrogen) atoms. The summed E-state index contributed by atoms with van der Waals surface area (Å²) in [5.74, 6) is -1.42. The predicted molar refractivity (Wildman–Crippen MR) is 102 cm³/mol. The summed E-state index contributed by atoms with van der Waals surface area (Å²) in [6, 6.07) is 1.92. The van der Waals surface area contributed by atoms with E-state index in [2.05, 4.69) is 0 Å². The van der Waals surface area contributed by atoms with Crippen LogP contribution in [-0.2, 0) is 0 Å². The van der Waals surface area contributed by atoms with Gasteiger partial charge in [0.15, 0.2) is 0 Å². The highest BCUT2D eigenvalue weighted by atomic mass is 19.1. The quantitative estimate of drug-likeness (QED) is 0.860. The maximum absolute atomic E-state index is 15.2. The number of anilines is 1. The average molecular weight is 373 g/mol. The predicted octanol–water partition coefficient (Wildman–Crippen LogP) is 2.66. The summed E-state index contributed by atoms with van der Waals surface area (Å²) in [6.07, 6.45) is 4.18. The number of nitrogens with zero attached hydrogens (tertiary/aromatic N) is 2. The highest BCUT2D eigenvalue weighted by Gasteiger charge is 2.31. The standard InChI is InChI=1S/C20H24FN3O3/c1-10-17-15(24(13-3-4-13)9-14(19(17)25)20(26)27)7-16(18(10)21)23-6-5-12(8-23)11(2)22/h7,9,11-13H,3-6,8,22H2,1-2H3,(H,26,27)/t11?,12-/m1/s1. The molecule has 1 aliphatic heterocycles. The molecule has 144 valence electrons. The van der Waals surface area contributed by atoms with Crippen molar-refractivity contribution in [2.75, 3.05) is 18.0 Å². The zero-order valence-corrected chi connectivity index (χ0v) is 15.5. The fourth-order valence-electron chi connectivity index (χ4n) is 4.12. The summed E-state index contributed by atoms with van der Waals surface area (Å²) >= 11 is 0. The second-order valence-electron chi connectivity index (χ2n) is 7.90. The minimum absolute atomic E-state index is 0.0439. The van der Waals surface area contributed by atoms with Crippen molar-refractivity contribution in [2.24, 2.45) is 11.7 Å². The van der Waals surface area contributed by atoms with E-state index in [0.717, 1.165) is 25.8 Å². The molecule has 0 radical (unpaired) electrons. The maximum Gasteiger partial charge on any atom is 0.341 e. The van der Waals surface area contributed by atoms with Crippen LogP contribution in [-0.4, -0.2) is 34.8 Å². The first kappa shape index (κ1) is 18.0. The van der Waals surface area contributed by atoms with Crippen molar-refractivity contribution >= 4 is 22.6 Å². The molecule has 2 atom stereocenters. The number of aromatic carboxylic acids is 1. The Kier molecular flexibility index (Phi) is 4.22. The summed E-state index contributed by atoms with van der Waals surface area (Å²) in [4.78, 5) is 26.2. The highest BCUT2D eigenvalue weighted by Crippen LogP contribution is 2.39. The number of hydrogen-bond acceptors (Lipinski definition) is 4. The zero-order chi connectivity index (χ0) is 19.5. The Labute approximate surface area is 156 Å². The fourth-order valence-corrected chi connectivity index (χ4v) is 4.12. The van der Waals surface area contributed by atoms with Crippen molar-refractivity contribution in [3.8, 4) is 0 Å². The van der Waals surface area contributed by atoms with Gasteiger partial charge in [0.05, 0.1) is 16.6 Å². The van der Waals surface area contributed by atoms with Gasteiger partial charge in [-0.1, -0.05) is 0 Å². The lowest BCUT2D eigenvalue weighted by molar-refractivity contribution is 0.0695. The van der Waals surface area contributed by atoms with Gasteiger partial charge in [0.2, 0.25) is 5.43 Å². The molecule has 0 spiro atoms. The Hall–Kier alpha value is -2.41. The molecule has 2 fully saturated rings. The largest absolute Gasteiger partial charge is 0.477 e. The van der Waals surface area contributed by atoms with Crippen LogP contribution in [0.5, 0.6) is 0 Å². The number of carboxylic acid groups (broad SMARTS) is 1. The number of nitrogens with two attached hydrogens (primary N) is 1. The van der Waals surface area contributed by atoms with E-state index in [4.69, 9.17) is 5.73 Å². The molecule has 7 heteroatoms. The van der Waals surface area contributed by atoms with Crippen molar-refractivity contribution < 1.29 is 14.3 Å². The number of aromatic nitrogens is 1. The number of halogens is 1. The van der Waals surface area contributed by atoms with Crippen LogP contribution in [0.4, 0.5) is 10.1 Å². The molecule has 1 saturated heterocycles. The van der Waals surface area contributed by atoms with Gasteiger partial charge in [-0.05, 0) is 45.1 Å². The Bertz CT molecular complexity index is 994. The van der Waals surface area contributed by atoms with E-state index in [1.54, 1.807) is 13.0 Å². The van der Waals surface area contributed by atoms with Gasteiger partial charge in [-0.3, -0.25) is 4.79 Å². The summed E-state index contributed by atoms with van der Waals surface area (Å²) in [6.45, 7) is 4.92. The Morgan fingerprint density at radius 1 is 1.37 bits per heavy atom. The van der Waals surface area contributed by atoms with Gasteiger partial charge < -0.3 is 20.3 Å². The number of fused-ring (bicyclic) bond motifs is 1. The Balaban J connectivity index is 1.93. The number of benzene rings is 1. The molecule has 2 aliphatic rings. The van der Waals surface area contributed by atoms with Gasteiger partial charge in [-0.25, -0.2) is 9.18 Å². The lowest BCUT2D eigenvalue weighted by Crippen LogP contribution is -2.30. The monoisotopic (exact) mass is 373 g/mol. The van der Waals surface area contributed by atoms with Gasteiger partial charge in [0.1, 0.15) is 11.4 Å². The Morgan fingerprint density at radius 3 is 2.63 bits per heavy atom. The van der Waals surface area contributed by atoms with E-state index in [9.17, 15) is 14.7 Å². The third kappa shape index (κ3) is 2.90.